The van der Waals surface area contributed by atoms with Crippen molar-refractivity contribution >= 4 is 5.91 Å². The summed E-state index contributed by atoms with van der Waals surface area (Å²) in [7, 11) is 1.65. The van der Waals surface area contributed by atoms with Crippen molar-refractivity contribution in [3.8, 4) is 5.75 Å². The summed E-state index contributed by atoms with van der Waals surface area (Å²) in [6, 6.07) is 7.14. The Hall–Kier alpha value is -1.77. The van der Waals surface area contributed by atoms with Crippen LogP contribution in [0.25, 0.3) is 0 Å². The highest BCUT2D eigenvalue weighted by atomic mass is 19.3. The maximum Gasteiger partial charge on any atom is 0.251 e. The summed E-state index contributed by atoms with van der Waals surface area (Å²) >= 11 is 0. The van der Waals surface area contributed by atoms with E-state index in [-0.39, 0.29) is 18.6 Å². The van der Waals surface area contributed by atoms with E-state index < -0.39 is 19.0 Å². The van der Waals surface area contributed by atoms with E-state index in [4.69, 9.17) is 9.47 Å². The SMILES string of the molecule is COc1ccccc1[C@@H](CNC(=O)[C@@H]1COCCN1CC(F)F)N1CCCCC1. The Bertz CT molecular complexity index is 656. The average molecular weight is 411 g/mol. The Morgan fingerprint density at radius 3 is 2.72 bits per heavy atom. The fraction of sp³-hybridized carbons (Fsp3) is 0.667. The van der Waals surface area contributed by atoms with Gasteiger partial charge in [-0.05, 0) is 32.0 Å². The average Bonchev–Trinajstić information content (AvgIpc) is 2.75. The molecule has 0 unspecified atom stereocenters. The molecule has 0 aromatic heterocycles. The lowest BCUT2D eigenvalue weighted by Gasteiger charge is -2.37. The third kappa shape index (κ3) is 5.87. The fourth-order valence-electron chi connectivity index (χ4n) is 4.20. The minimum Gasteiger partial charge on any atom is -0.496 e. The van der Waals surface area contributed by atoms with Crippen LogP contribution in [-0.4, -0.2) is 81.2 Å². The highest BCUT2D eigenvalue weighted by molar-refractivity contribution is 5.82. The number of nitrogens with zero attached hydrogens (tertiary/aromatic N) is 2. The molecule has 29 heavy (non-hydrogen) atoms. The lowest BCUT2D eigenvalue weighted by Crippen LogP contribution is -2.55. The maximum absolute atomic E-state index is 12.9. The number of likely N-dealkylation sites (tertiary alicyclic amines) is 1. The van der Waals surface area contributed by atoms with Crippen LogP contribution in [0.15, 0.2) is 24.3 Å². The minimum absolute atomic E-state index is 0.0246. The highest BCUT2D eigenvalue weighted by Crippen LogP contribution is 2.31. The number of rotatable bonds is 8. The molecule has 0 radical (unpaired) electrons. The number of amides is 1. The second-order valence-electron chi connectivity index (χ2n) is 7.58. The molecule has 1 aromatic rings. The summed E-state index contributed by atoms with van der Waals surface area (Å²) in [5, 5.41) is 3.00. The van der Waals surface area contributed by atoms with Gasteiger partial charge in [0.25, 0.3) is 6.43 Å². The molecule has 1 amide bonds. The largest absolute Gasteiger partial charge is 0.496 e. The number of ether oxygens (including phenoxy) is 2. The molecule has 1 N–H and O–H groups in total. The molecule has 0 aliphatic carbocycles. The number of alkyl halides is 2. The van der Waals surface area contributed by atoms with E-state index in [0.717, 1.165) is 37.2 Å². The predicted octanol–water partition coefficient (Wildman–Crippen LogP) is 2.30. The van der Waals surface area contributed by atoms with Crippen molar-refractivity contribution in [3.63, 3.8) is 0 Å². The van der Waals surface area contributed by atoms with Crippen LogP contribution in [0.3, 0.4) is 0 Å². The van der Waals surface area contributed by atoms with E-state index >= 15 is 0 Å². The predicted molar refractivity (Wildman–Crippen MR) is 106 cm³/mol. The van der Waals surface area contributed by atoms with Gasteiger partial charge in [0, 0.05) is 18.7 Å². The highest BCUT2D eigenvalue weighted by Gasteiger charge is 2.32. The molecule has 0 bridgehead atoms. The van der Waals surface area contributed by atoms with Crippen molar-refractivity contribution in [2.24, 2.45) is 0 Å². The van der Waals surface area contributed by atoms with Gasteiger partial charge in [-0.2, -0.15) is 0 Å². The first-order valence-electron chi connectivity index (χ1n) is 10.3. The summed E-state index contributed by atoms with van der Waals surface area (Å²) in [5.41, 5.74) is 1.03. The van der Waals surface area contributed by atoms with E-state index in [2.05, 4.69) is 10.2 Å². The number of nitrogens with one attached hydrogen (secondary N) is 1. The molecule has 8 heteroatoms. The van der Waals surface area contributed by atoms with Crippen LogP contribution < -0.4 is 10.1 Å². The van der Waals surface area contributed by atoms with Crippen molar-refractivity contribution < 1.29 is 23.0 Å². The number of carbonyl (C=O) groups excluding carboxylic acids is 1. The number of piperidine rings is 1. The first-order valence-corrected chi connectivity index (χ1v) is 10.3. The number of para-hydroxylation sites is 1. The van der Waals surface area contributed by atoms with Crippen molar-refractivity contribution in [2.75, 3.05) is 53.0 Å². The van der Waals surface area contributed by atoms with Crippen LogP contribution >= 0.6 is 0 Å². The van der Waals surface area contributed by atoms with Gasteiger partial charge in [-0.15, -0.1) is 0 Å². The molecule has 1 aromatic carbocycles. The van der Waals surface area contributed by atoms with E-state index in [1.54, 1.807) is 7.11 Å². The van der Waals surface area contributed by atoms with Gasteiger partial charge >= 0.3 is 0 Å². The van der Waals surface area contributed by atoms with Crippen molar-refractivity contribution in [3.05, 3.63) is 29.8 Å². The number of benzene rings is 1. The number of methoxy groups -OCH3 is 1. The summed E-state index contributed by atoms with van der Waals surface area (Å²) in [5.74, 6) is 0.528. The van der Waals surface area contributed by atoms with Crippen LogP contribution in [0.1, 0.15) is 30.9 Å². The summed E-state index contributed by atoms with van der Waals surface area (Å²) in [6.45, 7) is 2.76. The molecular weight excluding hydrogens is 380 g/mol. The summed E-state index contributed by atoms with van der Waals surface area (Å²) in [6.07, 6.45) is 0.984. The zero-order valence-electron chi connectivity index (χ0n) is 17.0. The smallest absolute Gasteiger partial charge is 0.251 e. The van der Waals surface area contributed by atoms with Crippen LogP contribution in [0.2, 0.25) is 0 Å². The van der Waals surface area contributed by atoms with E-state index in [9.17, 15) is 13.6 Å². The third-order valence-corrected chi connectivity index (χ3v) is 5.71. The zero-order valence-corrected chi connectivity index (χ0v) is 17.0. The maximum atomic E-state index is 12.9. The van der Waals surface area contributed by atoms with Gasteiger partial charge in [0.05, 0.1) is 32.9 Å². The Morgan fingerprint density at radius 2 is 2.00 bits per heavy atom. The zero-order chi connectivity index (χ0) is 20.6. The Morgan fingerprint density at radius 1 is 1.24 bits per heavy atom. The van der Waals surface area contributed by atoms with Gasteiger partial charge < -0.3 is 14.8 Å². The van der Waals surface area contributed by atoms with Crippen LogP contribution in [0, 0.1) is 0 Å². The Labute approximate surface area is 171 Å². The van der Waals surface area contributed by atoms with Gasteiger partial charge in [0.2, 0.25) is 5.91 Å². The molecule has 0 spiro atoms. The molecule has 2 atom stereocenters. The number of hydrogen-bond donors (Lipinski definition) is 1. The number of carbonyl (C=O) groups is 1. The second kappa shape index (κ2) is 10.8. The Balaban J connectivity index is 1.71. The molecule has 3 rings (SSSR count). The molecule has 2 fully saturated rings. The monoisotopic (exact) mass is 411 g/mol. The molecule has 6 nitrogen and oxygen atoms in total. The molecule has 0 saturated carbocycles. The third-order valence-electron chi connectivity index (χ3n) is 5.71. The lowest BCUT2D eigenvalue weighted by atomic mass is 10.0. The van der Waals surface area contributed by atoms with Crippen LogP contribution in [0.4, 0.5) is 8.78 Å². The Kier molecular flexibility index (Phi) is 8.20. The quantitative estimate of drug-likeness (QED) is 0.712. The van der Waals surface area contributed by atoms with Crippen molar-refractivity contribution in [1.29, 1.82) is 0 Å². The molecule has 2 saturated heterocycles. The molecule has 2 heterocycles. The molecular formula is C21H31F2N3O3. The number of morpholine rings is 1. The van der Waals surface area contributed by atoms with Gasteiger partial charge in [0.15, 0.2) is 0 Å². The van der Waals surface area contributed by atoms with Crippen molar-refractivity contribution in [2.45, 2.75) is 37.8 Å². The minimum atomic E-state index is -2.47. The first kappa shape index (κ1) is 21.9. The van der Waals surface area contributed by atoms with E-state index in [1.165, 1.54) is 11.3 Å². The normalized spacial score (nSPS) is 22.4. The fourth-order valence-corrected chi connectivity index (χ4v) is 4.20. The van der Waals surface area contributed by atoms with E-state index in [1.807, 2.05) is 24.3 Å². The summed E-state index contributed by atoms with van der Waals surface area (Å²) in [4.78, 5) is 16.7. The molecule has 2 aliphatic heterocycles. The van der Waals surface area contributed by atoms with Gasteiger partial charge in [-0.3, -0.25) is 14.6 Å². The van der Waals surface area contributed by atoms with Crippen molar-refractivity contribution in [1.82, 2.24) is 15.1 Å². The molecule has 162 valence electrons. The summed E-state index contributed by atoms with van der Waals surface area (Å²) < 4.78 is 36.7. The van der Waals surface area contributed by atoms with E-state index in [0.29, 0.717) is 19.7 Å². The lowest BCUT2D eigenvalue weighted by molar-refractivity contribution is -0.134. The van der Waals surface area contributed by atoms with Crippen LogP contribution in [0.5, 0.6) is 5.75 Å². The molecule has 2 aliphatic rings. The van der Waals surface area contributed by atoms with Gasteiger partial charge in [-0.25, -0.2) is 8.78 Å². The van der Waals surface area contributed by atoms with Gasteiger partial charge in [0.1, 0.15) is 11.8 Å². The second-order valence-corrected chi connectivity index (χ2v) is 7.58. The number of halogens is 2. The van der Waals surface area contributed by atoms with Crippen LogP contribution in [-0.2, 0) is 9.53 Å². The number of hydrogen-bond acceptors (Lipinski definition) is 5. The first-order chi connectivity index (χ1) is 14.1. The topological polar surface area (TPSA) is 54.0 Å². The standard InChI is InChI=1S/C21H31F2N3O3/c1-28-19-8-4-3-7-16(19)17(25-9-5-2-6-10-25)13-24-21(27)18-15-29-12-11-26(18)14-20(22)23/h3-4,7-8,17-18,20H,2,5-6,9-15H2,1H3,(H,24,27)/t17-,18+/m1/s1. The van der Waals surface area contributed by atoms with Gasteiger partial charge in [-0.1, -0.05) is 24.6 Å².